The highest BCUT2D eigenvalue weighted by atomic mass is 16.5. The summed E-state index contributed by atoms with van der Waals surface area (Å²) in [7, 11) is 1.60. The highest BCUT2D eigenvalue weighted by Crippen LogP contribution is 2.31. The molecule has 0 aliphatic carbocycles. The molecule has 0 radical (unpaired) electrons. The SMILES string of the molecule is CCc1cccc2c1c(OC(C)=O)c(C(=O)Nc1ccccc1)c(=O)n2C. The van der Waals surface area contributed by atoms with E-state index >= 15 is 0 Å². The second kappa shape index (κ2) is 7.45. The molecule has 1 amide bonds. The van der Waals surface area contributed by atoms with Crippen LogP contribution in [0.25, 0.3) is 10.9 Å². The largest absolute Gasteiger partial charge is 0.425 e. The predicted molar refractivity (Wildman–Crippen MR) is 104 cm³/mol. The number of para-hydroxylation sites is 1. The molecule has 6 nitrogen and oxygen atoms in total. The average molecular weight is 364 g/mol. The van der Waals surface area contributed by atoms with Gasteiger partial charge in [-0.1, -0.05) is 37.3 Å². The van der Waals surface area contributed by atoms with E-state index in [9.17, 15) is 14.4 Å². The number of ether oxygens (including phenoxy) is 1. The van der Waals surface area contributed by atoms with Crippen molar-refractivity contribution in [3.05, 3.63) is 70.0 Å². The lowest BCUT2D eigenvalue weighted by atomic mass is 10.0. The van der Waals surface area contributed by atoms with Gasteiger partial charge in [0.2, 0.25) is 0 Å². The fraction of sp³-hybridized carbons (Fsp3) is 0.190. The van der Waals surface area contributed by atoms with Gasteiger partial charge in [0, 0.05) is 25.0 Å². The number of pyridine rings is 1. The standard InChI is InChI=1S/C21H20N2O4/c1-4-14-9-8-12-16-17(14)19(27-13(2)24)18(21(26)23(16)3)20(25)22-15-10-6-5-7-11-15/h5-12H,4H2,1-3H3,(H,22,25). The molecular formula is C21H20N2O4. The zero-order valence-corrected chi connectivity index (χ0v) is 15.4. The minimum Gasteiger partial charge on any atom is -0.425 e. The summed E-state index contributed by atoms with van der Waals surface area (Å²) in [6, 6.07) is 14.3. The van der Waals surface area contributed by atoms with Crippen molar-refractivity contribution in [2.24, 2.45) is 7.05 Å². The third-order valence-electron chi connectivity index (χ3n) is 4.35. The molecule has 0 unspecified atom stereocenters. The van der Waals surface area contributed by atoms with Crippen LogP contribution >= 0.6 is 0 Å². The van der Waals surface area contributed by atoms with E-state index < -0.39 is 17.4 Å². The number of nitrogens with one attached hydrogen (secondary N) is 1. The van der Waals surface area contributed by atoms with Gasteiger partial charge in [0.05, 0.1) is 5.52 Å². The Morgan fingerprint density at radius 2 is 1.78 bits per heavy atom. The Bertz CT molecular complexity index is 1080. The Balaban J connectivity index is 2.30. The molecule has 2 aromatic carbocycles. The van der Waals surface area contributed by atoms with Crippen molar-refractivity contribution in [2.75, 3.05) is 5.32 Å². The van der Waals surface area contributed by atoms with E-state index in [1.54, 1.807) is 37.4 Å². The Hall–Kier alpha value is -3.41. The summed E-state index contributed by atoms with van der Waals surface area (Å²) in [5.41, 5.74) is 1.31. The number of esters is 1. The van der Waals surface area contributed by atoms with Crippen molar-refractivity contribution in [1.29, 1.82) is 0 Å². The molecule has 1 heterocycles. The van der Waals surface area contributed by atoms with Crippen molar-refractivity contribution in [2.45, 2.75) is 20.3 Å². The van der Waals surface area contributed by atoms with Gasteiger partial charge in [0.1, 0.15) is 5.56 Å². The number of hydrogen-bond acceptors (Lipinski definition) is 4. The van der Waals surface area contributed by atoms with Crippen molar-refractivity contribution in [1.82, 2.24) is 4.57 Å². The number of benzene rings is 2. The smallest absolute Gasteiger partial charge is 0.308 e. The van der Waals surface area contributed by atoms with Crippen molar-refractivity contribution in [3.8, 4) is 5.75 Å². The zero-order valence-electron chi connectivity index (χ0n) is 15.4. The lowest BCUT2D eigenvalue weighted by molar-refractivity contribution is -0.131. The summed E-state index contributed by atoms with van der Waals surface area (Å²) in [5.74, 6) is -1.21. The van der Waals surface area contributed by atoms with Crippen molar-refractivity contribution in [3.63, 3.8) is 0 Å². The lowest BCUT2D eigenvalue weighted by Crippen LogP contribution is -2.30. The maximum Gasteiger partial charge on any atom is 0.308 e. The van der Waals surface area contributed by atoms with E-state index in [2.05, 4.69) is 5.32 Å². The van der Waals surface area contributed by atoms with Crippen LogP contribution in [0.2, 0.25) is 0 Å². The number of aromatic nitrogens is 1. The molecule has 0 saturated carbocycles. The number of fused-ring (bicyclic) bond motifs is 1. The Morgan fingerprint density at radius 1 is 1.07 bits per heavy atom. The maximum atomic E-state index is 12.9. The summed E-state index contributed by atoms with van der Waals surface area (Å²) < 4.78 is 6.79. The second-order valence-electron chi connectivity index (χ2n) is 6.15. The normalized spacial score (nSPS) is 10.6. The molecule has 0 bridgehead atoms. The first kappa shape index (κ1) is 18.4. The van der Waals surface area contributed by atoms with Crippen LogP contribution in [0.15, 0.2) is 53.3 Å². The number of amides is 1. The predicted octanol–water partition coefficient (Wildman–Crippen LogP) is 3.28. The van der Waals surface area contributed by atoms with E-state index in [0.29, 0.717) is 23.0 Å². The minimum absolute atomic E-state index is 0.00600. The van der Waals surface area contributed by atoms with Gasteiger partial charge in [0.15, 0.2) is 5.75 Å². The van der Waals surface area contributed by atoms with Gasteiger partial charge in [-0.2, -0.15) is 0 Å². The van der Waals surface area contributed by atoms with E-state index in [1.165, 1.54) is 11.5 Å². The molecule has 3 rings (SSSR count). The molecule has 1 N–H and O–H groups in total. The third-order valence-corrected chi connectivity index (χ3v) is 4.35. The topological polar surface area (TPSA) is 77.4 Å². The van der Waals surface area contributed by atoms with Crippen LogP contribution in [0.1, 0.15) is 29.8 Å². The molecular weight excluding hydrogens is 344 g/mol. The number of nitrogens with zero attached hydrogens (tertiary/aromatic N) is 1. The quantitative estimate of drug-likeness (QED) is 0.721. The summed E-state index contributed by atoms with van der Waals surface area (Å²) in [5, 5.41) is 3.29. The number of carbonyl (C=O) groups excluding carboxylic acids is 2. The Kier molecular flexibility index (Phi) is 5.07. The molecule has 0 aliphatic rings. The van der Waals surface area contributed by atoms with Gasteiger partial charge in [0.25, 0.3) is 11.5 Å². The number of hydrogen-bond donors (Lipinski definition) is 1. The molecule has 6 heteroatoms. The van der Waals surface area contributed by atoms with E-state index in [0.717, 1.165) is 5.56 Å². The number of carbonyl (C=O) groups is 2. The van der Waals surface area contributed by atoms with Crippen LogP contribution in [0, 0.1) is 0 Å². The highest BCUT2D eigenvalue weighted by molar-refractivity contribution is 6.10. The van der Waals surface area contributed by atoms with Crippen molar-refractivity contribution >= 4 is 28.5 Å². The van der Waals surface area contributed by atoms with E-state index in [-0.39, 0.29) is 11.3 Å². The summed E-state index contributed by atoms with van der Waals surface area (Å²) in [4.78, 5) is 37.6. The molecule has 0 fully saturated rings. The van der Waals surface area contributed by atoms with Crippen LogP contribution in [-0.2, 0) is 18.3 Å². The Labute approximate surface area is 156 Å². The Morgan fingerprint density at radius 3 is 2.41 bits per heavy atom. The van der Waals surface area contributed by atoms with Crippen LogP contribution in [0.4, 0.5) is 5.69 Å². The van der Waals surface area contributed by atoms with Crippen molar-refractivity contribution < 1.29 is 14.3 Å². The van der Waals surface area contributed by atoms with Gasteiger partial charge < -0.3 is 14.6 Å². The second-order valence-corrected chi connectivity index (χ2v) is 6.15. The molecule has 3 aromatic rings. The molecule has 27 heavy (non-hydrogen) atoms. The minimum atomic E-state index is -0.620. The van der Waals surface area contributed by atoms with Crippen LogP contribution in [0.3, 0.4) is 0 Å². The van der Waals surface area contributed by atoms with Gasteiger partial charge in [-0.05, 0) is 30.2 Å². The van der Waals surface area contributed by atoms with Gasteiger partial charge >= 0.3 is 5.97 Å². The summed E-state index contributed by atoms with van der Waals surface area (Å²) >= 11 is 0. The highest BCUT2D eigenvalue weighted by Gasteiger charge is 2.25. The van der Waals surface area contributed by atoms with Crippen LogP contribution in [0.5, 0.6) is 5.75 Å². The van der Waals surface area contributed by atoms with E-state index in [1.807, 2.05) is 25.1 Å². The molecule has 1 aromatic heterocycles. The molecule has 138 valence electrons. The van der Waals surface area contributed by atoms with Crippen LogP contribution in [-0.4, -0.2) is 16.4 Å². The number of aryl methyl sites for hydroxylation is 2. The fourth-order valence-electron chi connectivity index (χ4n) is 3.08. The third kappa shape index (κ3) is 3.46. The lowest BCUT2D eigenvalue weighted by Gasteiger charge is -2.17. The molecule has 0 aliphatic heterocycles. The summed E-state index contributed by atoms with van der Waals surface area (Å²) in [6.07, 6.45) is 0.656. The molecule has 0 atom stereocenters. The monoisotopic (exact) mass is 364 g/mol. The molecule has 0 spiro atoms. The van der Waals surface area contributed by atoms with Crippen LogP contribution < -0.4 is 15.6 Å². The molecule has 0 saturated heterocycles. The van der Waals surface area contributed by atoms with E-state index in [4.69, 9.17) is 4.74 Å². The number of anilines is 1. The first-order chi connectivity index (χ1) is 12.9. The fourth-order valence-corrected chi connectivity index (χ4v) is 3.08. The number of rotatable bonds is 4. The first-order valence-corrected chi connectivity index (χ1v) is 8.63. The average Bonchev–Trinajstić information content (AvgIpc) is 2.65. The maximum absolute atomic E-state index is 12.9. The van der Waals surface area contributed by atoms with Gasteiger partial charge in [-0.3, -0.25) is 14.4 Å². The van der Waals surface area contributed by atoms with Gasteiger partial charge in [-0.25, -0.2) is 0 Å². The van der Waals surface area contributed by atoms with Gasteiger partial charge in [-0.15, -0.1) is 0 Å². The zero-order chi connectivity index (χ0) is 19.6. The first-order valence-electron chi connectivity index (χ1n) is 8.63. The summed E-state index contributed by atoms with van der Waals surface area (Å²) in [6.45, 7) is 3.21.